The Bertz CT molecular complexity index is 1050. The summed E-state index contributed by atoms with van der Waals surface area (Å²) in [6, 6.07) is 14.3. The minimum Gasteiger partial charge on any atom is -0.467 e. The average molecular weight is 457 g/mol. The Balaban J connectivity index is 1.56. The summed E-state index contributed by atoms with van der Waals surface area (Å²) < 4.78 is 51.7. The van der Waals surface area contributed by atoms with Crippen molar-refractivity contribution in [2.75, 3.05) is 26.8 Å². The number of piperidine rings is 1. The molecule has 2 heterocycles. The van der Waals surface area contributed by atoms with Gasteiger partial charge in [-0.2, -0.15) is 13.2 Å². The number of nitrogens with zero attached hydrogens (tertiary/aromatic N) is 2. The molecule has 0 spiro atoms. The van der Waals surface area contributed by atoms with E-state index in [-0.39, 0.29) is 18.0 Å². The summed E-state index contributed by atoms with van der Waals surface area (Å²) in [5.41, 5.74) is 1.63. The Kier molecular flexibility index (Phi) is 6.95. The number of hydrogen-bond donors (Lipinski definition) is 1. The standard InChI is InChI=1S/C25H26F3N3O2/c1-32-23-30-14-20(15-31-23)19-11-18(12-22(13-19)25(26,27)28)16-33-17-24(7-9-29-10-8-24)21-5-3-2-4-6-21/h2-6,11-15,29H,7-10,16-17H2,1H3. The lowest BCUT2D eigenvalue weighted by Gasteiger charge is -2.38. The molecule has 1 aromatic heterocycles. The minimum atomic E-state index is -4.47. The Morgan fingerprint density at radius 2 is 1.67 bits per heavy atom. The van der Waals surface area contributed by atoms with Crippen LogP contribution in [0.5, 0.6) is 6.01 Å². The van der Waals surface area contributed by atoms with Crippen LogP contribution in [0, 0.1) is 0 Å². The highest BCUT2D eigenvalue weighted by Crippen LogP contribution is 2.36. The van der Waals surface area contributed by atoms with E-state index in [1.807, 2.05) is 18.2 Å². The molecule has 8 heteroatoms. The van der Waals surface area contributed by atoms with Crippen LogP contribution in [-0.2, 0) is 22.9 Å². The molecule has 3 aromatic rings. The van der Waals surface area contributed by atoms with Gasteiger partial charge in [-0.1, -0.05) is 30.3 Å². The number of benzene rings is 2. The van der Waals surface area contributed by atoms with E-state index in [0.717, 1.165) is 38.1 Å². The fraction of sp³-hybridized carbons (Fsp3) is 0.360. The minimum absolute atomic E-state index is 0.0793. The van der Waals surface area contributed by atoms with E-state index in [4.69, 9.17) is 9.47 Å². The SMILES string of the molecule is COc1ncc(-c2cc(COCC3(c4ccccc4)CCNCC3)cc(C(F)(F)F)c2)cn1. The number of alkyl halides is 3. The maximum Gasteiger partial charge on any atom is 0.416 e. The third-order valence-electron chi connectivity index (χ3n) is 6.06. The molecule has 0 aliphatic carbocycles. The third-order valence-corrected chi connectivity index (χ3v) is 6.06. The summed E-state index contributed by atoms with van der Waals surface area (Å²) in [5.74, 6) is 0. The molecule has 0 amide bonds. The Labute approximate surface area is 191 Å². The molecule has 0 unspecified atom stereocenters. The van der Waals surface area contributed by atoms with E-state index in [1.165, 1.54) is 25.1 Å². The summed E-state index contributed by atoms with van der Waals surface area (Å²) >= 11 is 0. The molecular formula is C25H26F3N3O2. The number of hydrogen-bond acceptors (Lipinski definition) is 5. The lowest BCUT2D eigenvalue weighted by Crippen LogP contribution is -2.43. The van der Waals surface area contributed by atoms with Crippen molar-refractivity contribution in [2.45, 2.75) is 31.0 Å². The summed E-state index contributed by atoms with van der Waals surface area (Å²) in [6.07, 6.45) is 0.247. The van der Waals surface area contributed by atoms with Gasteiger partial charge in [-0.05, 0) is 60.8 Å². The van der Waals surface area contributed by atoms with Crippen LogP contribution in [0.1, 0.15) is 29.5 Å². The molecule has 2 aromatic carbocycles. The topological polar surface area (TPSA) is 56.3 Å². The maximum absolute atomic E-state index is 13.6. The number of nitrogens with one attached hydrogen (secondary N) is 1. The molecule has 1 N–H and O–H groups in total. The lowest BCUT2D eigenvalue weighted by atomic mass is 9.74. The second kappa shape index (κ2) is 9.89. The Morgan fingerprint density at radius 3 is 2.30 bits per heavy atom. The first-order valence-corrected chi connectivity index (χ1v) is 10.8. The van der Waals surface area contributed by atoms with Crippen molar-refractivity contribution in [1.82, 2.24) is 15.3 Å². The monoisotopic (exact) mass is 457 g/mol. The summed E-state index contributed by atoms with van der Waals surface area (Å²) in [5, 5.41) is 3.37. The summed E-state index contributed by atoms with van der Waals surface area (Å²) in [4.78, 5) is 8.02. The normalized spacial score (nSPS) is 15.9. The molecule has 1 fully saturated rings. The number of aromatic nitrogens is 2. The number of ether oxygens (including phenoxy) is 2. The van der Waals surface area contributed by atoms with Gasteiger partial charge in [0.15, 0.2) is 0 Å². The van der Waals surface area contributed by atoms with Crippen molar-refractivity contribution >= 4 is 0 Å². The van der Waals surface area contributed by atoms with Gasteiger partial charge >= 0.3 is 12.2 Å². The zero-order valence-corrected chi connectivity index (χ0v) is 18.4. The Morgan fingerprint density at radius 1 is 0.970 bits per heavy atom. The van der Waals surface area contributed by atoms with Crippen molar-refractivity contribution < 1.29 is 22.6 Å². The molecule has 33 heavy (non-hydrogen) atoms. The number of methoxy groups -OCH3 is 1. The van der Waals surface area contributed by atoms with Crippen molar-refractivity contribution in [3.8, 4) is 17.1 Å². The molecular weight excluding hydrogens is 431 g/mol. The number of halogens is 3. The lowest BCUT2D eigenvalue weighted by molar-refractivity contribution is -0.137. The molecule has 0 bridgehead atoms. The van der Waals surface area contributed by atoms with Crippen molar-refractivity contribution in [3.05, 3.63) is 77.6 Å². The van der Waals surface area contributed by atoms with Crippen LogP contribution in [0.15, 0.2) is 60.9 Å². The fourth-order valence-corrected chi connectivity index (χ4v) is 4.25. The highest BCUT2D eigenvalue weighted by atomic mass is 19.4. The van der Waals surface area contributed by atoms with Crippen LogP contribution < -0.4 is 10.1 Å². The van der Waals surface area contributed by atoms with E-state index in [0.29, 0.717) is 23.3 Å². The molecule has 1 aliphatic rings. The zero-order valence-electron chi connectivity index (χ0n) is 18.4. The molecule has 0 atom stereocenters. The second-order valence-electron chi connectivity index (χ2n) is 8.26. The predicted octanol–water partition coefficient (Wildman–Crippen LogP) is 5.01. The van der Waals surface area contributed by atoms with Crippen molar-refractivity contribution in [2.24, 2.45) is 0 Å². The van der Waals surface area contributed by atoms with E-state index in [9.17, 15) is 13.2 Å². The first-order valence-electron chi connectivity index (χ1n) is 10.8. The van der Waals surface area contributed by atoms with Gasteiger partial charge in [0.05, 0.1) is 25.9 Å². The quantitative estimate of drug-likeness (QED) is 0.541. The van der Waals surface area contributed by atoms with Gasteiger partial charge in [-0.3, -0.25) is 0 Å². The highest BCUT2D eigenvalue weighted by molar-refractivity contribution is 5.64. The maximum atomic E-state index is 13.6. The van der Waals surface area contributed by atoms with Gasteiger partial charge < -0.3 is 14.8 Å². The zero-order chi connectivity index (χ0) is 23.3. The molecule has 174 valence electrons. The molecule has 4 rings (SSSR count). The van der Waals surface area contributed by atoms with Crippen LogP contribution >= 0.6 is 0 Å². The van der Waals surface area contributed by atoms with Gasteiger partial charge in [0, 0.05) is 23.4 Å². The van der Waals surface area contributed by atoms with Gasteiger partial charge in [0.2, 0.25) is 0 Å². The van der Waals surface area contributed by atoms with Crippen molar-refractivity contribution in [3.63, 3.8) is 0 Å². The van der Waals surface area contributed by atoms with Crippen LogP contribution in [0.2, 0.25) is 0 Å². The highest BCUT2D eigenvalue weighted by Gasteiger charge is 2.34. The average Bonchev–Trinajstić information content (AvgIpc) is 2.84. The molecule has 1 saturated heterocycles. The van der Waals surface area contributed by atoms with Crippen LogP contribution in [0.3, 0.4) is 0 Å². The van der Waals surface area contributed by atoms with Crippen LogP contribution in [-0.4, -0.2) is 36.8 Å². The predicted molar refractivity (Wildman–Crippen MR) is 119 cm³/mol. The van der Waals surface area contributed by atoms with E-state index < -0.39 is 11.7 Å². The van der Waals surface area contributed by atoms with Crippen LogP contribution in [0.4, 0.5) is 13.2 Å². The van der Waals surface area contributed by atoms with Gasteiger partial charge in [-0.15, -0.1) is 0 Å². The van der Waals surface area contributed by atoms with Gasteiger partial charge in [-0.25, -0.2) is 9.97 Å². The fourth-order valence-electron chi connectivity index (χ4n) is 4.25. The van der Waals surface area contributed by atoms with E-state index in [2.05, 4.69) is 27.4 Å². The largest absolute Gasteiger partial charge is 0.467 e. The van der Waals surface area contributed by atoms with Gasteiger partial charge in [0.1, 0.15) is 0 Å². The molecule has 1 aliphatic heterocycles. The van der Waals surface area contributed by atoms with Crippen LogP contribution in [0.25, 0.3) is 11.1 Å². The third kappa shape index (κ3) is 5.51. The molecule has 5 nitrogen and oxygen atoms in total. The smallest absolute Gasteiger partial charge is 0.416 e. The summed E-state index contributed by atoms with van der Waals surface area (Å²) in [6.45, 7) is 2.28. The first-order chi connectivity index (χ1) is 15.9. The van der Waals surface area contributed by atoms with E-state index >= 15 is 0 Å². The molecule has 0 saturated carbocycles. The second-order valence-corrected chi connectivity index (χ2v) is 8.26. The molecule has 0 radical (unpaired) electrons. The van der Waals surface area contributed by atoms with E-state index in [1.54, 1.807) is 6.07 Å². The Hall–Kier alpha value is -2.97. The first kappa shape index (κ1) is 23.2. The van der Waals surface area contributed by atoms with Gasteiger partial charge in [0.25, 0.3) is 0 Å². The summed E-state index contributed by atoms with van der Waals surface area (Å²) in [7, 11) is 1.43. The van der Waals surface area contributed by atoms with Crippen molar-refractivity contribution in [1.29, 1.82) is 0 Å². The number of rotatable bonds is 7.